The number of nitrogens with zero attached hydrogens (tertiary/aromatic N) is 3. The summed E-state index contributed by atoms with van der Waals surface area (Å²) < 4.78 is 2.03. The molecule has 0 aliphatic carbocycles. The number of aryl methyl sites for hydroxylation is 2. The Morgan fingerprint density at radius 2 is 2.11 bits per heavy atom. The molecular weight excluding hydrogens is 236 g/mol. The van der Waals surface area contributed by atoms with Crippen molar-refractivity contribution in [3.8, 4) is 0 Å². The predicted octanol–water partition coefficient (Wildman–Crippen LogP) is 2.10. The Morgan fingerprint density at radius 1 is 1.32 bits per heavy atom. The molecule has 0 fully saturated rings. The summed E-state index contributed by atoms with van der Waals surface area (Å²) in [5, 5.41) is 0. The van der Waals surface area contributed by atoms with Crippen molar-refractivity contribution >= 4 is 5.69 Å². The fourth-order valence-electron chi connectivity index (χ4n) is 2.32. The van der Waals surface area contributed by atoms with E-state index < -0.39 is 0 Å². The van der Waals surface area contributed by atoms with E-state index in [-0.39, 0.29) is 0 Å². The number of rotatable bonds is 5. The van der Waals surface area contributed by atoms with E-state index in [1.807, 2.05) is 10.9 Å². The molecule has 0 aliphatic heterocycles. The molecule has 0 aliphatic rings. The molecule has 4 nitrogen and oxygen atoms in total. The van der Waals surface area contributed by atoms with E-state index in [9.17, 15) is 0 Å². The maximum Gasteiger partial charge on any atom is 0.0950 e. The largest absolute Gasteiger partial charge is 0.368 e. The summed E-state index contributed by atoms with van der Waals surface area (Å²) >= 11 is 0. The molecule has 0 saturated carbocycles. The van der Waals surface area contributed by atoms with Gasteiger partial charge in [0, 0.05) is 32.0 Å². The average Bonchev–Trinajstić information content (AvgIpc) is 2.76. The molecule has 102 valence electrons. The predicted molar refractivity (Wildman–Crippen MR) is 79.3 cm³/mol. The van der Waals surface area contributed by atoms with Crippen LogP contribution in [0.5, 0.6) is 0 Å². The van der Waals surface area contributed by atoms with Crippen molar-refractivity contribution in [1.82, 2.24) is 9.55 Å². The molecule has 2 rings (SSSR count). The van der Waals surface area contributed by atoms with Gasteiger partial charge >= 0.3 is 0 Å². The van der Waals surface area contributed by atoms with E-state index >= 15 is 0 Å². The lowest BCUT2D eigenvalue weighted by Gasteiger charge is -2.20. The Labute approximate surface area is 114 Å². The molecule has 0 unspecified atom stereocenters. The number of anilines is 1. The number of hydrogen-bond acceptors (Lipinski definition) is 3. The molecule has 0 spiro atoms. The van der Waals surface area contributed by atoms with Gasteiger partial charge in [0.2, 0.25) is 0 Å². The van der Waals surface area contributed by atoms with Crippen molar-refractivity contribution < 1.29 is 0 Å². The molecule has 0 amide bonds. The van der Waals surface area contributed by atoms with Gasteiger partial charge in [0.1, 0.15) is 0 Å². The molecule has 1 aromatic carbocycles. The van der Waals surface area contributed by atoms with Crippen molar-refractivity contribution in [2.24, 2.45) is 5.73 Å². The average molecular weight is 258 g/mol. The Morgan fingerprint density at radius 3 is 2.79 bits per heavy atom. The minimum absolute atomic E-state index is 0.642. The molecule has 0 atom stereocenters. The van der Waals surface area contributed by atoms with Crippen LogP contribution in [-0.2, 0) is 13.1 Å². The molecule has 2 aromatic rings. The van der Waals surface area contributed by atoms with E-state index in [2.05, 4.69) is 55.2 Å². The summed E-state index contributed by atoms with van der Waals surface area (Å²) in [6, 6.07) is 6.52. The van der Waals surface area contributed by atoms with Gasteiger partial charge in [-0.1, -0.05) is 17.7 Å². The molecular formula is C15H22N4. The number of aromatic nitrogens is 2. The van der Waals surface area contributed by atoms with Crippen molar-refractivity contribution in [2.75, 3.05) is 18.5 Å². The molecule has 1 heterocycles. The first-order valence-corrected chi connectivity index (χ1v) is 6.59. The molecule has 4 heteroatoms. The summed E-state index contributed by atoms with van der Waals surface area (Å²) in [6.45, 7) is 6.53. The lowest BCUT2D eigenvalue weighted by atomic mass is 10.1. The number of nitrogens with two attached hydrogens (primary N) is 1. The highest BCUT2D eigenvalue weighted by molar-refractivity contribution is 5.53. The third kappa shape index (κ3) is 3.35. The van der Waals surface area contributed by atoms with Gasteiger partial charge in [-0.2, -0.15) is 0 Å². The van der Waals surface area contributed by atoms with Crippen LogP contribution in [0.15, 0.2) is 30.7 Å². The Hall–Kier alpha value is -1.81. The van der Waals surface area contributed by atoms with Gasteiger partial charge in [-0.25, -0.2) is 4.98 Å². The second-order valence-electron chi connectivity index (χ2n) is 5.04. The van der Waals surface area contributed by atoms with E-state index in [1.54, 1.807) is 0 Å². The zero-order valence-electron chi connectivity index (χ0n) is 11.9. The zero-order chi connectivity index (χ0) is 13.8. The third-order valence-corrected chi connectivity index (χ3v) is 3.24. The Bertz CT molecular complexity index is 545. The maximum absolute atomic E-state index is 5.54. The van der Waals surface area contributed by atoms with Crippen LogP contribution < -0.4 is 10.6 Å². The standard InChI is InChI=1S/C15H22N4/c1-12-4-5-15(13(2)8-12)18(3)9-14-10-19(7-6-16)11-17-14/h4-5,8,10-11H,6-7,9,16H2,1-3H3. The molecule has 1 aromatic heterocycles. The van der Waals surface area contributed by atoms with Crippen LogP contribution in [0.1, 0.15) is 16.8 Å². The zero-order valence-corrected chi connectivity index (χ0v) is 11.9. The summed E-state index contributed by atoms with van der Waals surface area (Å²) in [4.78, 5) is 6.64. The van der Waals surface area contributed by atoms with Gasteiger partial charge in [-0.15, -0.1) is 0 Å². The van der Waals surface area contributed by atoms with Gasteiger partial charge in [0.25, 0.3) is 0 Å². The summed E-state index contributed by atoms with van der Waals surface area (Å²) in [7, 11) is 2.10. The molecule has 0 radical (unpaired) electrons. The summed E-state index contributed by atoms with van der Waals surface area (Å²) in [6.07, 6.45) is 3.91. The number of hydrogen-bond donors (Lipinski definition) is 1. The van der Waals surface area contributed by atoms with Crippen molar-refractivity contribution in [1.29, 1.82) is 0 Å². The SMILES string of the molecule is Cc1ccc(N(C)Cc2cn(CCN)cn2)c(C)c1. The van der Waals surface area contributed by atoms with Gasteiger partial charge < -0.3 is 15.2 Å². The monoisotopic (exact) mass is 258 g/mol. The van der Waals surface area contributed by atoms with Crippen LogP contribution in [0.2, 0.25) is 0 Å². The first-order chi connectivity index (χ1) is 9.10. The lowest BCUT2D eigenvalue weighted by molar-refractivity contribution is 0.706. The van der Waals surface area contributed by atoms with Gasteiger partial charge in [-0.05, 0) is 25.5 Å². The first kappa shape index (κ1) is 13.6. The number of imidazole rings is 1. The highest BCUT2D eigenvalue weighted by Crippen LogP contribution is 2.21. The molecule has 0 bridgehead atoms. The van der Waals surface area contributed by atoms with Crippen LogP contribution in [0.25, 0.3) is 0 Å². The van der Waals surface area contributed by atoms with Crippen LogP contribution in [0, 0.1) is 13.8 Å². The summed E-state index contributed by atoms with van der Waals surface area (Å²) in [5.41, 5.74) is 10.4. The quantitative estimate of drug-likeness (QED) is 0.893. The molecule has 2 N–H and O–H groups in total. The van der Waals surface area contributed by atoms with E-state index in [4.69, 9.17) is 5.73 Å². The van der Waals surface area contributed by atoms with Gasteiger partial charge in [0.15, 0.2) is 0 Å². The van der Waals surface area contributed by atoms with Crippen molar-refractivity contribution in [2.45, 2.75) is 26.9 Å². The van der Waals surface area contributed by atoms with Crippen molar-refractivity contribution in [3.05, 3.63) is 47.5 Å². The topological polar surface area (TPSA) is 47.1 Å². The minimum Gasteiger partial charge on any atom is -0.368 e. The Balaban J connectivity index is 2.09. The highest BCUT2D eigenvalue weighted by Gasteiger charge is 2.07. The fraction of sp³-hybridized carbons (Fsp3) is 0.400. The second-order valence-corrected chi connectivity index (χ2v) is 5.04. The van der Waals surface area contributed by atoms with Crippen LogP contribution in [0.3, 0.4) is 0 Å². The van der Waals surface area contributed by atoms with E-state index in [0.29, 0.717) is 6.54 Å². The minimum atomic E-state index is 0.642. The Kier molecular flexibility index (Phi) is 4.22. The van der Waals surface area contributed by atoms with Crippen molar-refractivity contribution in [3.63, 3.8) is 0 Å². The molecule has 0 saturated heterocycles. The van der Waals surface area contributed by atoms with Crippen LogP contribution in [0.4, 0.5) is 5.69 Å². The lowest BCUT2D eigenvalue weighted by Crippen LogP contribution is -2.17. The van der Waals surface area contributed by atoms with Crippen LogP contribution in [-0.4, -0.2) is 23.1 Å². The highest BCUT2D eigenvalue weighted by atomic mass is 15.1. The van der Waals surface area contributed by atoms with E-state index in [0.717, 1.165) is 18.8 Å². The van der Waals surface area contributed by atoms with Gasteiger partial charge in [0.05, 0.1) is 18.6 Å². The second kappa shape index (κ2) is 5.89. The van der Waals surface area contributed by atoms with E-state index in [1.165, 1.54) is 16.8 Å². The normalized spacial score (nSPS) is 10.7. The third-order valence-electron chi connectivity index (χ3n) is 3.24. The molecule has 19 heavy (non-hydrogen) atoms. The number of benzene rings is 1. The smallest absolute Gasteiger partial charge is 0.0950 e. The maximum atomic E-state index is 5.54. The first-order valence-electron chi connectivity index (χ1n) is 6.59. The summed E-state index contributed by atoms with van der Waals surface area (Å²) in [5.74, 6) is 0. The van der Waals surface area contributed by atoms with Crippen LogP contribution >= 0.6 is 0 Å². The fourth-order valence-corrected chi connectivity index (χ4v) is 2.32. The van der Waals surface area contributed by atoms with Gasteiger partial charge in [-0.3, -0.25) is 0 Å².